The van der Waals surface area contributed by atoms with Crippen molar-refractivity contribution in [2.24, 2.45) is 0 Å². The molecule has 108 valence electrons. The Morgan fingerprint density at radius 3 is 2.62 bits per heavy atom. The lowest BCUT2D eigenvalue weighted by atomic mass is 10.1. The molecule has 6 heteroatoms. The number of methoxy groups -OCH3 is 1. The van der Waals surface area contributed by atoms with Crippen LogP contribution in [0.15, 0.2) is 29.8 Å². The SMILES string of the molecule is COc1ccc(C#N)c(N2CCN(c3nccs3)CC2)c1. The zero-order valence-electron chi connectivity index (χ0n) is 11.8. The van der Waals surface area contributed by atoms with Crippen LogP contribution in [-0.4, -0.2) is 38.3 Å². The van der Waals surface area contributed by atoms with E-state index in [1.807, 2.05) is 29.8 Å². The van der Waals surface area contributed by atoms with E-state index >= 15 is 0 Å². The van der Waals surface area contributed by atoms with E-state index in [2.05, 4.69) is 20.9 Å². The summed E-state index contributed by atoms with van der Waals surface area (Å²) in [6.45, 7) is 3.58. The molecule has 2 heterocycles. The van der Waals surface area contributed by atoms with Crippen LogP contribution in [-0.2, 0) is 0 Å². The highest BCUT2D eigenvalue weighted by atomic mass is 32.1. The molecular weight excluding hydrogens is 284 g/mol. The van der Waals surface area contributed by atoms with Gasteiger partial charge in [-0.2, -0.15) is 5.26 Å². The first-order chi connectivity index (χ1) is 10.3. The molecule has 0 N–H and O–H groups in total. The summed E-state index contributed by atoms with van der Waals surface area (Å²) in [5, 5.41) is 12.3. The van der Waals surface area contributed by atoms with Crippen molar-refractivity contribution in [2.75, 3.05) is 43.1 Å². The molecule has 21 heavy (non-hydrogen) atoms. The zero-order valence-corrected chi connectivity index (χ0v) is 12.6. The van der Waals surface area contributed by atoms with Crippen LogP contribution in [0.1, 0.15) is 5.56 Å². The number of thiazole rings is 1. The van der Waals surface area contributed by atoms with Crippen LogP contribution < -0.4 is 14.5 Å². The first kappa shape index (κ1) is 13.7. The van der Waals surface area contributed by atoms with Gasteiger partial charge in [-0.15, -0.1) is 11.3 Å². The second-order valence-electron chi connectivity index (χ2n) is 4.78. The van der Waals surface area contributed by atoms with E-state index in [1.54, 1.807) is 18.4 Å². The maximum Gasteiger partial charge on any atom is 0.185 e. The molecule has 1 fully saturated rings. The minimum absolute atomic E-state index is 0.693. The maximum absolute atomic E-state index is 9.28. The van der Waals surface area contributed by atoms with Crippen LogP contribution in [0.4, 0.5) is 10.8 Å². The van der Waals surface area contributed by atoms with E-state index in [0.29, 0.717) is 5.56 Å². The van der Waals surface area contributed by atoms with Gasteiger partial charge in [-0.1, -0.05) is 0 Å². The van der Waals surface area contributed by atoms with E-state index in [-0.39, 0.29) is 0 Å². The van der Waals surface area contributed by atoms with Crippen LogP contribution in [0.5, 0.6) is 5.75 Å². The fourth-order valence-corrected chi connectivity index (χ4v) is 3.20. The van der Waals surface area contributed by atoms with E-state index < -0.39 is 0 Å². The highest BCUT2D eigenvalue weighted by Gasteiger charge is 2.21. The van der Waals surface area contributed by atoms with Gasteiger partial charge in [0.05, 0.1) is 18.4 Å². The fraction of sp³-hybridized carbons (Fsp3) is 0.333. The molecule has 1 aliphatic heterocycles. The molecule has 0 spiro atoms. The molecule has 0 amide bonds. The van der Waals surface area contributed by atoms with Crippen LogP contribution in [0.2, 0.25) is 0 Å². The summed E-state index contributed by atoms with van der Waals surface area (Å²) in [5.74, 6) is 0.784. The number of ether oxygens (including phenoxy) is 1. The van der Waals surface area contributed by atoms with Crippen molar-refractivity contribution in [3.8, 4) is 11.8 Å². The van der Waals surface area contributed by atoms with Crippen molar-refractivity contribution in [3.05, 3.63) is 35.3 Å². The third kappa shape index (κ3) is 2.78. The molecule has 0 aliphatic carbocycles. The molecular formula is C15H16N4OS. The van der Waals surface area contributed by atoms with Crippen LogP contribution in [0.25, 0.3) is 0 Å². The lowest BCUT2D eigenvalue weighted by molar-refractivity contribution is 0.414. The molecule has 0 atom stereocenters. The van der Waals surface area contributed by atoms with Gasteiger partial charge in [0.15, 0.2) is 5.13 Å². The van der Waals surface area contributed by atoms with Gasteiger partial charge in [0, 0.05) is 43.8 Å². The first-order valence-corrected chi connectivity index (χ1v) is 7.67. The van der Waals surface area contributed by atoms with Gasteiger partial charge < -0.3 is 14.5 Å². The third-order valence-electron chi connectivity index (χ3n) is 3.64. The Hall–Kier alpha value is -2.26. The van der Waals surface area contributed by atoms with Crippen molar-refractivity contribution < 1.29 is 4.74 Å². The van der Waals surface area contributed by atoms with Gasteiger partial charge in [0.1, 0.15) is 11.8 Å². The van der Waals surface area contributed by atoms with Gasteiger partial charge in [-0.25, -0.2) is 4.98 Å². The van der Waals surface area contributed by atoms with Crippen molar-refractivity contribution in [1.82, 2.24) is 4.98 Å². The molecule has 0 radical (unpaired) electrons. The maximum atomic E-state index is 9.28. The summed E-state index contributed by atoms with van der Waals surface area (Å²) in [4.78, 5) is 8.88. The zero-order chi connectivity index (χ0) is 14.7. The standard InChI is InChI=1S/C15H16N4OS/c1-20-13-3-2-12(11-16)14(10-13)18-5-7-19(8-6-18)15-17-4-9-21-15/h2-4,9-10H,5-8H2,1H3. The molecule has 3 rings (SSSR count). The summed E-state index contributed by atoms with van der Waals surface area (Å²) < 4.78 is 5.27. The Bertz CT molecular complexity index is 642. The normalized spacial score (nSPS) is 14.9. The molecule has 2 aromatic rings. The van der Waals surface area contributed by atoms with E-state index in [4.69, 9.17) is 4.74 Å². The number of hydrogen-bond donors (Lipinski definition) is 0. The summed E-state index contributed by atoms with van der Waals surface area (Å²) in [6.07, 6.45) is 1.84. The quantitative estimate of drug-likeness (QED) is 0.871. The predicted molar refractivity (Wildman–Crippen MR) is 84.2 cm³/mol. The number of anilines is 2. The summed E-state index contributed by atoms with van der Waals surface area (Å²) in [7, 11) is 1.64. The number of nitriles is 1. The van der Waals surface area contributed by atoms with E-state index in [9.17, 15) is 5.26 Å². The molecule has 1 aliphatic rings. The van der Waals surface area contributed by atoms with E-state index in [1.165, 1.54) is 0 Å². The number of benzene rings is 1. The van der Waals surface area contributed by atoms with Gasteiger partial charge >= 0.3 is 0 Å². The predicted octanol–water partition coefficient (Wildman–Crippen LogP) is 2.35. The summed E-state index contributed by atoms with van der Waals surface area (Å²) in [6, 6.07) is 7.85. The first-order valence-electron chi connectivity index (χ1n) is 6.79. The van der Waals surface area contributed by atoms with Crippen LogP contribution in [0, 0.1) is 11.3 Å². The van der Waals surface area contributed by atoms with Gasteiger partial charge in [0.25, 0.3) is 0 Å². The van der Waals surface area contributed by atoms with Gasteiger partial charge in [-0.3, -0.25) is 0 Å². The van der Waals surface area contributed by atoms with Crippen molar-refractivity contribution in [3.63, 3.8) is 0 Å². The minimum Gasteiger partial charge on any atom is -0.497 e. The Labute approximate surface area is 128 Å². The van der Waals surface area contributed by atoms with Gasteiger partial charge in [0.2, 0.25) is 0 Å². The van der Waals surface area contributed by atoms with Crippen LogP contribution in [0.3, 0.4) is 0 Å². The van der Waals surface area contributed by atoms with Crippen molar-refractivity contribution in [2.45, 2.75) is 0 Å². The number of piperazine rings is 1. The highest BCUT2D eigenvalue weighted by molar-refractivity contribution is 7.13. The number of rotatable bonds is 3. The Morgan fingerprint density at radius 2 is 2.00 bits per heavy atom. The average molecular weight is 300 g/mol. The number of nitrogens with zero attached hydrogens (tertiary/aromatic N) is 4. The summed E-state index contributed by atoms with van der Waals surface area (Å²) >= 11 is 1.66. The molecule has 0 bridgehead atoms. The van der Waals surface area contributed by atoms with Crippen molar-refractivity contribution >= 4 is 22.2 Å². The summed E-state index contributed by atoms with van der Waals surface area (Å²) in [5.41, 5.74) is 1.65. The smallest absolute Gasteiger partial charge is 0.185 e. The number of aromatic nitrogens is 1. The highest BCUT2D eigenvalue weighted by Crippen LogP contribution is 2.28. The Balaban J connectivity index is 1.76. The largest absolute Gasteiger partial charge is 0.497 e. The number of hydrogen-bond acceptors (Lipinski definition) is 6. The Kier molecular flexibility index (Phi) is 3.93. The topological polar surface area (TPSA) is 52.4 Å². The second kappa shape index (κ2) is 6.02. The molecule has 1 aromatic heterocycles. The van der Waals surface area contributed by atoms with Gasteiger partial charge in [-0.05, 0) is 12.1 Å². The Morgan fingerprint density at radius 1 is 1.24 bits per heavy atom. The van der Waals surface area contributed by atoms with E-state index in [0.717, 1.165) is 42.7 Å². The monoisotopic (exact) mass is 300 g/mol. The lowest BCUT2D eigenvalue weighted by Gasteiger charge is -2.36. The average Bonchev–Trinajstić information content (AvgIpc) is 3.09. The van der Waals surface area contributed by atoms with Crippen molar-refractivity contribution in [1.29, 1.82) is 5.26 Å². The molecule has 5 nitrogen and oxygen atoms in total. The minimum atomic E-state index is 0.693. The second-order valence-corrected chi connectivity index (χ2v) is 5.66. The molecule has 1 saturated heterocycles. The van der Waals surface area contributed by atoms with Crippen LogP contribution >= 0.6 is 11.3 Å². The molecule has 1 aromatic carbocycles. The fourth-order valence-electron chi connectivity index (χ4n) is 2.51. The lowest BCUT2D eigenvalue weighted by Crippen LogP contribution is -2.46. The molecule has 0 saturated carbocycles. The third-order valence-corrected chi connectivity index (χ3v) is 4.47. The molecule has 0 unspecified atom stereocenters.